The molecule has 108 valence electrons. The van der Waals surface area contributed by atoms with Crippen LogP contribution in [0.15, 0.2) is 59.8 Å². The Morgan fingerprint density at radius 2 is 2.05 bits per heavy atom. The van der Waals surface area contributed by atoms with Gasteiger partial charge in [0.15, 0.2) is 5.82 Å². The Morgan fingerprint density at radius 3 is 2.91 bits per heavy atom. The van der Waals surface area contributed by atoms with Crippen molar-refractivity contribution < 1.29 is 4.92 Å². The van der Waals surface area contributed by atoms with Gasteiger partial charge in [0.25, 0.3) is 5.69 Å². The first-order chi connectivity index (χ1) is 10.7. The Labute approximate surface area is 125 Å². The molecule has 0 amide bonds. The van der Waals surface area contributed by atoms with Gasteiger partial charge in [0.05, 0.1) is 17.3 Å². The Bertz CT molecular complexity index is 858. The van der Waals surface area contributed by atoms with Crippen molar-refractivity contribution >= 4 is 28.5 Å². The van der Waals surface area contributed by atoms with E-state index in [0.717, 1.165) is 10.8 Å². The van der Waals surface area contributed by atoms with Crippen LogP contribution < -0.4 is 5.43 Å². The minimum atomic E-state index is -0.444. The number of nitrogens with zero attached hydrogens (tertiary/aromatic N) is 4. The SMILES string of the molecule is O=[N+]([O-])c1cccc(C=NNc2nncc3ccccc23)c1. The largest absolute Gasteiger partial charge is 0.270 e. The van der Waals surface area contributed by atoms with Crippen LogP contribution in [0.1, 0.15) is 5.56 Å². The lowest BCUT2D eigenvalue weighted by molar-refractivity contribution is -0.384. The quantitative estimate of drug-likeness (QED) is 0.453. The molecule has 3 aromatic rings. The zero-order valence-corrected chi connectivity index (χ0v) is 11.4. The van der Waals surface area contributed by atoms with Crippen LogP contribution in [0.5, 0.6) is 0 Å². The molecule has 1 N–H and O–H groups in total. The number of hydrazone groups is 1. The van der Waals surface area contributed by atoms with Crippen molar-refractivity contribution in [3.8, 4) is 0 Å². The van der Waals surface area contributed by atoms with Crippen LogP contribution in [0.4, 0.5) is 11.5 Å². The fourth-order valence-electron chi connectivity index (χ4n) is 2.00. The van der Waals surface area contributed by atoms with Gasteiger partial charge >= 0.3 is 0 Å². The van der Waals surface area contributed by atoms with Gasteiger partial charge in [0.2, 0.25) is 0 Å². The molecule has 0 aliphatic carbocycles. The molecule has 0 aliphatic heterocycles. The van der Waals surface area contributed by atoms with Crippen molar-refractivity contribution in [3.63, 3.8) is 0 Å². The number of fused-ring (bicyclic) bond motifs is 1. The molecule has 1 heterocycles. The molecule has 7 nitrogen and oxygen atoms in total. The molecule has 3 rings (SSSR count). The van der Waals surface area contributed by atoms with E-state index in [4.69, 9.17) is 0 Å². The van der Waals surface area contributed by atoms with E-state index in [1.54, 1.807) is 18.3 Å². The number of hydrogen-bond acceptors (Lipinski definition) is 6. The van der Waals surface area contributed by atoms with E-state index in [9.17, 15) is 10.1 Å². The molecule has 0 bridgehead atoms. The number of aromatic nitrogens is 2. The maximum Gasteiger partial charge on any atom is 0.270 e. The van der Waals surface area contributed by atoms with E-state index in [0.29, 0.717) is 11.4 Å². The summed E-state index contributed by atoms with van der Waals surface area (Å²) in [5, 5.41) is 24.5. The third kappa shape index (κ3) is 2.88. The van der Waals surface area contributed by atoms with Gasteiger partial charge in [-0.3, -0.25) is 15.5 Å². The average molecular weight is 293 g/mol. The fourth-order valence-corrected chi connectivity index (χ4v) is 2.00. The predicted molar refractivity (Wildman–Crippen MR) is 83.9 cm³/mol. The third-order valence-corrected chi connectivity index (χ3v) is 3.04. The van der Waals surface area contributed by atoms with Gasteiger partial charge in [-0.2, -0.15) is 10.2 Å². The molecule has 1 aromatic heterocycles. The molecule has 0 spiro atoms. The van der Waals surface area contributed by atoms with Crippen LogP contribution in [0.2, 0.25) is 0 Å². The lowest BCUT2D eigenvalue weighted by Crippen LogP contribution is -1.96. The second-order valence-electron chi connectivity index (χ2n) is 4.50. The van der Waals surface area contributed by atoms with E-state index in [1.165, 1.54) is 18.3 Å². The smallest absolute Gasteiger partial charge is 0.259 e. The van der Waals surface area contributed by atoms with E-state index in [-0.39, 0.29) is 5.69 Å². The highest BCUT2D eigenvalue weighted by molar-refractivity contribution is 5.91. The van der Waals surface area contributed by atoms with Crippen LogP contribution in [-0.4, -0.2) is 21.3 Å². The Kier molecular flexibility index (Phi) is 3.69. The summed E-state index contributed by atoms with van der Waals surface area (Å²) >= 11 is 0. The lowest BCUT2D eigenvalue weighted by atomic mass is 10.2. The van der Waals surface area contributed by atoms with E-state index in [1.807, 2.05) is 24.3 Å². The monoisotopic (exact) mass is 293 g/mol. The summed E-state index contributed by atoms with van der Waals surface area (Å²) in [4.78, 5) is 10.3. The van der Waals surface area contributed by atoms with Gasteiger partial charge in [0.1, 0.15) is 0 Å². The van der Waals surface area contributed by atoms with Gasteiger partial charge in [-0.25, -0.2) is 0 Å². The first kappa shape index (κ1) is 13.6. The fraction of sp³-hybridized carbons (Fsp3) is 0. The normalized spacial score (nSPS) is 10.9. The lowest BCUT2D eigenvalue weighted by Gasteiger charge is -2.02. The Hall–Kier alpha value is -3.35. The second kappa shape index (κ2) is 5.96. The van der Waals surface area contributed by atoms with Gasteiger partial charge in [-0.1, -0.05) is 36.4 Å². The van der Waals surface area contributed by atoms with Crippen molar-refractivity contribution in [3.05, 3.63) is 70.4 Å². The first-order valence-corrected chi connectivity index (χ1v) is 6.48. The molecule has 7 heteroatoms. The van der Waals surface area contributed by atoms with Crippen molar-refractivity contribution in [2.75, 3.05) is 5.43 Å². The average Bonchev–Trinajstić information content (AvgIpc) is 2.55. The number of nitro benzene ring substituents is 1. The summed E-state index contributed by atoms with van der Waals surface area (Å²) in [7, 11) is 0. The zero-order chi connectivity index (χ0) is 15.4. The molecular formula is C15H11N5O2. The molecule has 0 saturated heterocycles. The maximum atomic E-state index is 10.7. The van der Waals surface area contributed by atoms with Gasteiger partial charge < -0.3 is 0 Å². The number of rotatable bonds is 4. The topological polar surface area (TPSA) is 93.3 Å². The Balaban J connectivity index is 1.82. The molecule has 0 saturated carbocycles. The summed E-state index contributed by atoms with van der Waals surface area (Å²) in [5.74, 6) is 0.528. The maximum absolute atomic E-state index is 10.7. The van der Waals surface area contributed by atoms with Gasteiger partial charge in [-0.05, 0) is 0 Å². The number of benzene rings is 2. The molecule has 0 unspecified atom stereocenters. The molecule has 2 aromatic carbocycles. The Morgan fingerprint density at radius 1 is 1.18 bits per heavy atom. The van der Waals surface area contributed by atoms with Gasteiger partial charge in [-0.15, -0.1) is 5.10 Å². The minimum absolute atomic E-state index is 0.0221. The minimum Gasteiger partial charge on any atom is -0.259 e. The summed E-state index contributed by atoms with van der Waals surface area (Å²) in [6.07, 6.45) is 3.17. The van der Waals surface area contributed by atoms with Crippen LogP contribution in [-0.2, 0) is 0 Å². The van der Waals surface area contributed by atoms with Crippen LogP contribution >= 0.6 is 0 Å². The zero-order valence-electron chi connectivity index (χ0n) is 11.4. The summed E-state index contributed by atoms with van der Waals surface area (Å²) in [5.41, 5.74) is 3.45. The van der Waals surface area contributed by atoms with Crippen molar-refractivity contribution in [1.82, 2.24) is 10.2 Å². The summed E-state index contributed by atoms with van der Waals surface area (Å²) < 4.78 is 0. The standard InChI is InChI=1S/C15H11N5O2/c21-20(22)13-6-3-4-11(8-13)9-16-18-15-14-7-2-1-5-12(14)10-17-19-15/h1-10H,(H,18,19). The third-order valence-electron chi connectivity index (χ3n) is 3.04. The van der Waals surface area contributed by atoms with Crippen LogP contribution in [0.3, 0.4) is 0 Å². The predicted octanol–water partition coefficient (Wildman–Crippen LogP) is 2.98. The molecule has 22 heavy (non-hydrogen) atoms. The van der Waals surface area contributed by atoms with Gasteiger partial charge in [0, 0.05) is 28.5 Å². The van der Waals surface area contributed by atoms with E-state index < -0.39 is 4.92 Å². The molecule has 0 fully saturated rings. The summed E-state index contributed by atoms with van der Waals surface area (Å²) in [6.45, 7) is 0. The number of nitrogens with one attached hydrogen (secondary N) is 1. The van der Waals surface area contributed by atoms with Crippen LogP contribution in [0, 0.1) is 10.1 Å². The van der Waals surface area contributed by atoms with E-state index in [2.05, 4.69) is 20.7 Å². The van der Waals surface area contributed by atoms with Crippen molar-refractivity contribution in [2.24, 2.45) is 5.10 Å². The molecule has 0 radical (unpaired) electrons. The number of non-ortho nitro benzene ring substituents is 1. The van der Waals surface area contributed by atoms with Crippen molar-refractivity contribution in [2.45, 2.75) is 0 Å². The highest BCUT2D eigenvalue weighted by Gasteiger charge is 2.04. The molecular weight excluding hydrogens is 282 g/mol. The second-order valence-corrected chi connectivity index (χ2v) is 4.50. The van der Waals surface area contributed by atoms with E-state index >= 15 is 0 Å². The van der Waals surface area contributed by atoms with Crippen LogP contribution in [0.25, 0.3) is 10.8 Å². The highest BCUT2D eigenvalue weighted by Crippen LogP contribution is 2.19. The molecule has 0 aliphatic rings. The van der Waals surface area contributed by atoms with Crippen molar-refractivity contribution in [1.29, 1.82) is 0 Å². The number of hydrogen-bond donors (Lipinski definition) is 1. The highest BCUT2D eigenvalue weighted by atomic mass is 16.6. The number of anilines is 1. The molecule has 0 atom stereocenters. The first-order valence-electron chi connectivity index (χ1n) is 6.48. The summed E-state index contributed by atoms with van der Waals surface area (Å²) in [6, 6.07) is 13.9. The number of nitro groups is 1.